The van der Waals surface area contributed by atoms with Crippen LogP contribution in [0.15, 0.2) is 54.7 Å². The molecule has 0 aliphatic rings. The van der Waals surface area contributed by atoms with Crippen molar-refractivity contribution in [1.82, 2.24) is 9.78 Å². The van der Waals surface area contributed by atoms with Crippen molar-refractivity contribution >= 4 is 12.0 Å². The van der Waals surface area contributed by atoms with E-state index in [0.717, 1.165) is 0 Å². The molecule has 1 aromatic heterocycles. The largest absolute Gasteiger partial charge is 0.298 e. The average Bonchev–Trinajstić information content (AvgIpc) is 3.00. The summed E-state index contributed by atoms with van der Waals surface area (Å²) < 4.78 is 14.4. The third kappa shape index (κ3) is 2.84. The van der Waals surface area contributed by atoms with Crippen molar-refractivity contribution in [3.05, 3.63) is 76.2 Å². The fraction of sp³-hybridized carbons (Fsp3) is 0. The second-order valence-corrected chi connectivity index (χ2v) is 4.78. The molecule has 0 unspecified atom stereocenters. The summed E-state index contributed by atoms with van der Waals surface area (Å²) in [5, 5.41) is 15.0. The van der Waals surface area contributed by atoms with Gasteiger partial charge in [-0.05, 0) is 36.4 Å². The molecule has 0 spiro atoms. The number of hydrogen-bond donors (Lipinski definition) is 0. The van der Waals surface area contributed by atoms with E-state index >= 15 is 0 Å². The maximum atomic E-state index is 13.0. The molecule has 0 aliphatic heterocycles. The molecule has 6 nitrogen and oxygen atoms in total. The number of non-ortho nitro benzene ring substituents is 1. The molecular formula is C16H10FN3O3. The fourth-order valence-electron chi connectivity index (χ4n) is 2.16. The molecule has 0 bridgehead atoms. The van der Waals surface area contributed by atoms with Crippen LogP contribution < -0.4 is 0 Å². The van der Waals surface area contributed by atoms with Crippen molar-refractivity contribution in [1.29, 1.82) is 0 Å². The van der Waals surface area contributed by atoms with Crippen molar-refractivity contribution in [3.8, 4) is 16.9 Å². The number of hydrogen-bond acceptors (Lipinski definition) is 4. The molecular weight excluding hydrogens is 301 g/mol. The Bertz CT molecular complexity index is 871. The van der Waals surface area contributed by atoms with Crippen LogP contribution in [0.25, 0.3) is 16.9 Å². The van der Waals surface area contributed by atoms with Crippen LogP contribution in [0.5, 0.6) is 0 Å². The lowest BCUT2D eigenvalue weighted by Gasteiger charge is -2.01. The van der Waals surface area contributed by atoms with Gasteiger partial charge in [0.05, 0.1) is 16.2 Å². The monoisotopic (exact) mass is 311 g/mol. The van der Waals surface area contributed by atoms with E-state index in [9.17, 15) is 19.3 Å². The van der Waals surface area contributed by atoms with Gasteiger partial charge in [0.25, 0.3) is 5.69 Å². The number of rotatable bonds is 4. The molecule has 23 heavy (non-hydrogen) atoms. The second kappa shape index (κ2) is 5.80. The Morgan fingerprint density at radius 3 is 2.30 bits per heavy atom. The van der Waals surface area contributed by atoms with Crippen LogP contribution >= 0.6 is 0 Å². The topological polar surface area (TPSA) is 78.0 Å². The summed E-state index contributed by atoms with van der Waals surface area (Å²) in [5.74, 6) is -0.368. The normalized spacial score (nSPS) is 10.5. The van der Waals surface area contributed by atoms with Crippen molar-refractivity contribution in [2.75, 3.05) is 0 Å². The van der Waals surface area contributed by atoms with Gasteiger partial charge < -0.3 is 0 Å². The number of aldehydes is 1. The van der Waals surface area contributed by atoms with E-state index < -0.39 is 4.92 Å². The molecule has 0 N–H and O–H groups in total. The molecule has 2 aromatic carbocycles. The quantitative estimate of drug-likeness (QED) is 0.420. The van der Waals surface area contributed by atoms with Gasteiger partial charge in [-0.3, -0.25) is 14.9 Å². The van der Waals surface area contributed by atoms with Crippen LogP contribution in [0.4, 0.5) is 10.1 Å². The summed E-state index contributed by atoms with van der Waals surface area (Å²) in [7, 11) is 0. The molecule has 7 heteroatoms. The number of benzene rings is 2. The molecule has 3 aromatic rings. The molecule has 0 saturated heterocycles. The Morgan fingerprint density at radius 1 is 1.09 bits per heavy atom. The summed E-state index contributed by atoms with van der Waals surface area (Å²) in [6.07, 6.45) is 2.18. The third-order valence-corrected chi connectivity index (χ3v) is 3.31. The Hall–Kier alpha value is -3.35. The molecule has 0 fully saturated rings. The summed E-state index contributed by atoms with van der Waals surface area (Å²) in [6.45, 7) is 0. The lowest BCUT2D eigenvalue weighted by atomic mass is 10.1. The Kier molecular flexibility index (Phi) is 3.68. The summed E-state index contributed by atoms with van der Waals surface area (Å²) in [4.78, 5) is 21.4. The smallest absolute Gasteiger partial charge is 0.269 e. The molecule has 114 valence electrons. The first-order valence-corrected chi connectivity index (χ1v) is 6.64. The van der Waals surface area contributed by atoms with Gasteiger partial charge in [0, 0.05) is 23.9 Å². The molecule has 0 saturated carbocycles. The lowest BCUT2D eigenvalue weighted by Crippen LogP contribution is -1.95. The highest BCUT2D eigenvalue weighted by Gasteiger charge is 2.13. The van der Waals surface area contributed by atoms with Crippen molar-refractivity contribution in [2.24, 2.45) is 0 Å². The number of nitro groups is 1. The van der Waals surface area contributed by atoms with Gasteiger partial charge in [-0.2, -0.15) is 5.10 Å². The van der Waals surface area contributed by atoms with Gasteiger partial charge >= 0.3 is 0 Å². The minimum atomic E-state index is -0.498. The first-order chi connectivity index (χ1) is 11.1. The van der Waals surface area contributed by atoms with Crippen LogP contribution in [0.1, 0.15) is 10.4 Å². The van der Waals surface area contributed by atoms with E-state index in [1.54, 1.807) is 0 Å². The van der Waals surface area contributed by atoms with E-state index in [4.69, 9.17) is 0 Å². The summed E-state index contributed by atoms with van der Waals surface area (Å²) >= 11 is 0. The zero-order valence-electron chi connectivity index (χ0n) is 11.7. The number of halogens is 1. The maximum Gasteiger partial charge on any atom is 0.269 e. The number of nitro benzene ring substituents is 1. The van der Waals surface area contributed by atoms with Crippen molar-refractivity contribution in [2.45, 2.75) is 0 Å². The predicted molar refractivity (Wildman–Crippen MR) is 81.0 cm³/mol. The van der Waals surface area contributed by atoms with Crippen LogP contribution in [0, 0.1) is 15.9 Å². The predicted octanol–water partition coefficient (Wildman–Crippen LogP) is 3.40. The Labute approximate surface area is 129 Å². The van der Waals surface area contributed by atoms with Crippen LogP contribution in [-0.2, 0) is 0 Å². The maximum absolute atomic E-state index is 13.0. The molecule has 3 rings (SSSR count). The molecule has 1 heterocycles. The number of carbonyl (C=O) groups is 1. The first kappa shape index (κ1) is 14.6. The van der Waals surface area contributed by atoms with Gasteiger partial charge in [-0.15, -0.1) is 0 Å². The number of carbonyl (C=O) groups excluding carboxylic acids is 1. The highest BCUT2D eigenvalue weighted by atomic mass is 19.1. The minimum absolute atomic E-state index is 0.0422. The second-order valence-electron chi connectivity index (χ2n) is 4.78. The van der Waals surface area contributed by atoms with Crippen molar-refractivity contribution < 1.29 is 14.1 Å². The van der Waals surface area contributed by atoms with Crippen molar-refractivity contribution in [3.63, 3.8) is 0 Å². The first-order valence-electron chi connectivity index (χ1n) is 6.64. The van der Waals surface area contributed by atoms with E-state index in [-0.39, 0.29) is 11.5 Å². The van der Waals surface area contributed by atoms with Gasteiger partial charge in [0.1, 0.15) is 11.5 Å². The highest BCUT2D eigenvalue weighted by molar-refractivity contribution is 5.85. The number of nitrogens with zero attached hydrogens (tertiary/aromatic N) is 3. The third-order valence-electron chi connectivity index (χ3n) is 3.31. The van der Waals surface area contributed by atoms with E-state index in [0.29, 0.717) is 28.8 Å². The van der Waals surface area contributed by atoms with E-state index in [1.165, 1.54) is 59.4 Å². The molecule has 0 atom stereocenters. The minimum Gasteiger partial charge on any atom is -0.298 e. The van der Waals surface area contributed by atoms with Gasteiger partial charge in [0.2, 0.25) is 0 Å². The van der Waals surface area contributed by atoms with Crippen LogP contribution in [0.3, 0.4) is 0 Å². The standard InChI is InChI=1S/C16H10FN3O3/c17-13-3-7-14(8-4-13)19-9-12(10-21)16(18-19)11-1-5-15(6-2-11)20(22)23/h1-10H. The highest BCUT2D eigenvalue weighted by Crippen LogP contribution is 2.24. The molecule has 0 amide bonds. The molecule has 0 aliphatic carbocycles. The molecule has 0 radical (unpaired) electrons. The van der Waals surface area contributed by atoms with Gasteiger partial charge in [0.15, 0.2) is 6.29 Å². The van der Waals surface area contributed by atoms with Gasteiger partial charge in [-0.25, -0.2) is 9.07 Å². The Morgan fingerprint density at radius 2 is 1.74 bits per heavy atom. The van der Waals surface area contributed by atoms with Gasteiger partial charge in [-0.1, -0.05) is 0 Å². The summed E-state index contributed by atoms with van der Waals surface area (Å²) in [6, 6.07) is 11.4. The zero-order valence-corrected chi connectivity index (χ0v) is 11.7. The average molecular weight is 311 g/mol. The van der Waals surface area contributed by atoms with E-state index in [2.05, 4.69) is 5.10 Å². The van der Waals surface area contributed by atoms with E-state index in [1.807, 2.05) is 0 Å². The number of aromatic nitrogens is 2. The van der Waals surface area contributed by atoms with Crippen LogP contribution in [-0.4, -0.2) is 21.0 Å². The fourth-order valence-corrected chi connectivity index (χ4v) is 2.16. The lowest BCUT2D eigenvalue weighted by molar-refractivity contribution is -0.384. The van der Waals surface area contributed by atoms with Crippen LogP contribution in [0.2, 0.25) is 0 Å². The summed E-state index contributed by atoms with van der Waals surface area (Å²) in [5.41, 5.74) is 1.88. The Balaban J connectivity index is 2.03. The SMILES string of the molecule is O=Cc1cn(-c2ccc(F)cc2)nc1-c1ccc([N+](=O)[O-])cc1. The zero-order chi connectivity index (χ0) is 16.4.